The highest BCUT2D eigenvalue weighted by Crippen LogP contribution is 2.28. The summed E-state index contributed by atoms with van der Waals surface area (Å²) in [6.07, 6.45) is -0.927. The van der Waals surface area contributed by atoms with E-state index in [4.69, 9.17) is 15.0 Å². The van der Waals surface area contributed by atoms with E-state index in [0.29, 0.717) is 19.1 Å². The zero-order chi connectivity index (χ0) is 20.9. The molecule has 1 amide bonds. The first-order chi connectivity index (χ1) is 13.1. The molecule has 0 aromatic carbocycles. The largest absolute Gasteiger partial charge is 0.490 e. The van der Waals surface area contributed by atoms with E-state index in [0.717, 1.165) is 35.7 Å². The van der Waals surface area contributed by atoms with Crippen molar-refractivity contribution in [3.05, 3.63) is 17.1 Å². The van der Waals surface area contributed by atoms with Crippen molar-refractivity contribution in [1.29, 1.82) is 0 Å². The number of carboxylic acid groups (broad SMARTS) is 1. The molecular formula is C17H23F3N4O4. The van der Waals surface area contributed by atoms with Crippen LogP contribution in [0.15, 0.2) is 0 Å². The Kier molecular flexibility index (Phi) is 7.17. The predicted octanol–water partition coefficient (Wildman–Crippen LogP) is 1.30. The van der Waals surface area contributed by atoms with Crippen molar-refractivity contribution in [2.75, 3.05) is 25.0 Å². The van der Waals surface area contributed by atoms with E-state index in [9.17, 15) is 18.0 Å². The minimum Gasteiger partial charge on any atom is -0.475 e. The number of aromatic nitrogens is 2. The SMILES string of the molecule is Cc1nc2c(c(NC3CC3)n1)CCN(C(=O)CCO)CC2.O=C(O)C(F)(F)F. The van der Waals surface area contributed by atoms with E-state index in [1.807, 2.05) is 11.8 Å². The number of hydrogen-bond acceptors (Lipinski definition) is 6. The highest BCUT2D eigenvalue weighted by molar-refractivity contribution is 5.76. The number of halogens is 3. The summed E-state index contributed by atoms with van der Waals surface area (Å²) in [6.45, 7) is 3.18. The summed E-state index contributed by atoms with van der Waals surface area (Å²) >= 11 is 0. The van der Waals surface area contributed by atoms with Crippen molar-refractivity contribution in [3.63, 3.8) is 0 Å². The summed E-state index contributed by atoms with van der Waals surface area (Å²) in [5, 5.41) is 19.5. The van der Waals surface area contributed by atoms with Gasteiger partial charge in [0.05, 0.1) is 12.3 Å². The number of aliphatic carboxylic acids is 1. The van der Waals surface area contributed by atoms with E-state index in [2.05, 4.69) is 15.3 Å². The van der Waals surface area contributed by atoms with Crippen LogP contribution in [0.2, 0.25) is 0 Å². The highest BCUT2D eigenvalue weighted by Gasteiger charge is 2.38. The number of carboxylic acids is 1. The van der Waals surface area contributed by atoms with Gasteiger partial charge in [-0.2, -0.15) is 13.2 Å². The van der Waals surface area contributed by atoms with Crippen LogP contribution in [-0.4, -0.2) is 68.9 Å². The Balaban J connectivity index is 0.000000345. The number of anilines is 1. The molecule has 3 rings (SSSR count). The molecule has 0 radical (unpaired) electrons. The van der Waals surface area contributed by atoms with Gasteiger partial charge >= 0.3 is 12.1 Å². The molecule has 1 aliphatic heterocycles. The van der Waals surface area contributed by atoms with E-state index in [1.165, 1.54) is 12.8 Å². The molecule has 0 atom stereocenters. The second-order valence-corrected chi connectivity index (χ2v) is 6.62. The zero-order valence-electron chi connectivity index (χ0n) is 15.4. The molecule has 2 heterocycles. The van der Waals surface area contributed by atoms with Gasteiger partial charge in [0.25, 0.3) is 0 Å². The molecule has 0 saturated heterocycles. The zero-order valence-corrected chi connectivity index (χ0v) is 15.4. The molecule has 28 heavy (non-hydrogen) atoms. The maximum atomic E-state index is 12.0. The fourth-order valence-corrected chi connectivity index (χ4v) is 2.77. The van der Waals surface area contributed by atoms with Gasteiger partial charge in [-0.15, -0.1) is 0 Å². The maximum Gasteiger partial charge on any atom is 0.490 e. The van der Waals surface area contributed by atoms with Gasteiger partial charge in [0.15, 0.2) is 0 Å². The number of rotatable bonds is 4. The molecule has 3 N–H and O–H groups in total. The Morgan fingerprint density at radius 3 is 2.36 bits per heavy atom. The predicted molar refractivity (Wildman–Crippen MR) is 92.8 cm³/mol. The van der Waals surface area contributed by atoms with Crippen LogP contribution in [-0.2, 0) is 22.4 Å². The van der Waals surface area contributed by atoms with Gasteiger partial charge in [0, 0.05) is 37.5 Å². The van der Waals surface area contributed by atoms with Crippen LogP contribution in [0.25, 0.3) is 0 Å². The average Bonchev–Trinajstić information content (AvgIpc) is 3.41. The van der Waals surface area contributed by atoms with Gasteiger partial charge in [0.2, 0.25) is 5.91 Å². The summed E-state index contributed by atoms with van der Waals surface area (Å²) in [6, 6.07) is 0.554. The van der Waals surface area contributed by atoms with Gasteiger partial charge in [-0.1, -0.05) is 0 Å². The lowest BCUT2D eigenvalue weighted by Gasteiger charge is -2.19. The minimum atomic E-state index is -5.08. The second kappa shape index (κ2) is 9.18. The van der Waals surface area contributed by atoms with Crippen molar-refractivity contribution < 1.29 is 33.0 Å². The number of carbonyl (C=O) groups excluding carboxylic acids is 1. The molecule has 1 aromatic rings. The van der Waals surface area contributed by atoms with Crippen LogP contribution in [0.5, 0.6) is 0 Å². The third kappa shape index (κ3) is 6.32. The van der Waals surface area contributed by atoms with Crippen molar-refractivity contribution in [1.82, 2.24) is 14.9 Å². The Labute approximate surface area is 159 Å². The number of carbonyl (C=O) groups is 2. The molecule has 1 fully saturated rings. The van der Waals surface area contributed by atoms with Crippen molar-refractivity contribution in [2.24, 2.45) is 0 Å². The minimum absolute atomic E-state index is 0.0201. The number of fused-ring (bicyclic) bond motifs is 1. The first-order valence-corrected chi connectivity index (χ1v) is 8.93. The molecule has 156 valence electrons. The number of hydrogen-bond donors (Lipinski definition) is 3. The Morgan fingerprint density at radius 2 is 1.82 bits per heavy atom. The second-order valence-electron chi connectivity index (χ2n) is 6.62. The Bertz CT molecular complexity index is 723. The third-order valence-corrected chi connectivity index (χ3v) is 4.29. The molecule has 1 saturated carbocycles. The first-order valence-electron chi connectivity index (χ1n) is 8.93. The molecule has 1 aromatic heterocycles. The average molecular weight is 404 g/mol. The smallest absolute Gasteiger partial charge is 0.475 e. The molecule has 2 aliphatic rings. The number of nitrogens with one attached hydrogen (secondary N) is 1. The van der Waals surface area contributed by atoms with Crippen molar-refractivity contribution in [2.45, 2.75) is 51.2 Å². The van der Waals surface area contributed by atoms with Crippen molar-refractivity contribution >= 4 is 17.7 Å². The van der Waals surface area contributed by atoms with E-state index in [-0.39, 0.29) is 18.9 Å². The molecule has 8 nitrogen and oxygen atoms in total. The maximum absolute atomic E-state index is 12.0. The summed E-state index contributed by atoms with van der Waals surface area (Å²) in [5.41, 5.74) is 2.22. The fourth-order valence-electron chi connectivity index (χ4n) is 2.77. The lowest BCUT2D eigenvalue weighted by atomic mass is 10.1. The summed E-state index contributed by atoms with van der Waals surface area (Å²) < 4.78 is 31.7. The van der Waals surface area contributed by atoms with Gasteiger partial charge in [-0.25, -0.2) is 14.8 Å². The summed E-state index contributed by atoms with van der Waals surface area (Å²) in [5.74, 6) is -0.998. The number of aliphatic hydroxyl groups is 1. The summed E-state index contributed by atoms with van der Waals surface area (Å²) in [7, 11) is 0. The number of amides is 1. The number of alkyl halides is 3. The first kappa shape index (κ1) is 21.9. The third-order valence-electron chi connectivity index (χ3n) is 4.29. The Hall–Kier alpha value is -2.43. The van der Waals surface area contributed by atoms with Crippen LogP contribution >= 0.6 is 0 Å². The lowest BCUT2D eigenvalue weighted by Crippen LogP contribution is -2.33. The van der Waals surface area contributed by atoms with E-state index < -0.39 is 12.1 Å². The number of aryl methyl sites for hydroxylation is 1. The number of nitrogens with zero attached hydrogens (tertiary/aromatic N) is 3. The molecule has 0 bridgehead atoms. The van der Waals surface area contributed by atoms with Crippen LogP contribution in [0.1, 0.15) is 36.3 Å². The lowest BCUT2D eigenvalue weighted by molar-refractivity contribution is -0.192. The number of aliphatic hydroxyl groups excluding tert-OH is 1. The normalized spacial score (nSPS) is 16.4. The highest BCUT2D eigenvalue weighted by atomic mass is 19.4. The summed E-state index contributed by atoms with van der Waals surface area (Å²) in [4.78, 5) is 31.8. The van der Waals surface area contributed by atoms with Crippen LogP contribution in [0.3, 0.4) is 0 Å². The molecule has 0 spiro atoms. The quantitative estimate of drug-likeness (QED) is 0.693. The van der Waals surface area contributed by atoms with E-state index in [1.54, 1.807) is 0 Å². The van der Waals surface area contributed by atoms with Gasteiger partial charge in [-0.05, 0) is 26.2 Å². The van der Waals surface area contributed by atoms with E-state index >= 15 is 0 Å². The molecule has 0 unspecified atom stereocenters. The van der Waals surface area contributed by atoms with Gasteiger partial charge < -0.3 is 20.4 Å². The molecule has 11 heteroatoms. The monoisotopic (exact) mass is 404 g/mol. The standard InChI is InChI=1S/C15H22N4O2.C2HF3O2/c1-10-16-13-5-8-19(14(21)6-9-20)7-4-12(13)15(17-10)18-11-2-3-11;3-2(4,5)1(6)7/h11,20H,2-9H2,1H3,(H,16,17,18);(H,6,7). The molecule has 1 aliphatic carbocycles. The topological polar surface area (TPSA) is 116 Å². The van der Waals surface area contributed by atoms with Gasteiger partial charge in [0.1, 0.15) is 11.6 Å². The van der Waals surface area contributed by atoms with Crippen LogP contribution < -0.4 is 5.32 Å². The van der Waals surface area contributed by atoms with Crippen LogP contribution in [0, 0.1) is 6.92 Å². The Morgan fingerprint density at radius 1 is 1.21 bits per heavy atom. The van der Waals surface area contributed by atoms with Crippen LogP contribution in [0.4, 0.5) is 19.0 Å². The fraction of sp³-hybridized carbons (Fsp3) is 0.647. The van der Waals surface area contributed by atoms with Crippen molar-refractivity contribution in [3.8, 4) is 0 Å². The molecular weight excluding hydrogens is 381 g/mol. The van der Waals surface area contributed by atoms with Gasteiger partial charge in [-0.3, -0.25) is 4.79 Å².